The Balaban J connectivity index is 1.83. The molecule has 0 spiro atoms. The zero-order chi connectivity index (χ0) is 9.97. The average molecular weight is 196 g/mol. The lowest BCUT2D eigenvalue weighted by molar-refractivity contribution is 0.159. The predicted octanol–water partition coefficient (Wildman–Crippen LogP) is 1.96. The molecule has 0 amide bonds. The number of rotatable bonds is 3. The van der Waals surface area contributed by atoms with Crippen LogP contribution in [0.25, 0.3) is 0 Å². The molecular weight excluding hydrogens is 172 g/mol. The smallest absolute Gasteiger partial charge is 0.0226 e. The Morgan fingerprint density at radius 2 is 1.79 bits per heavy atom. The van der Waals surface area contributed by atoms with Gasteiger partial charge in [-0.15, -0.1) is 0 Å². The van der Waals surface area contributed by atoms with E-state index in [0.717, 1.165) is 12.1 Å². The molecule has 0 unspecified atom stereocenters. The van der Waals surface area contributed by atoms with Crippen molar-refractivity contribution < 1.29 is 0 Å². The van der Waals surface area contributed by atoms with Crippen LogP contribution in [0.15, 0.2) is 0 Å². The van der Waals surface area contributed by atoms with Crippen LogP contribution in [0.2, 0.25) is 0 Å². The number of likely N-dealkylation sites (tertiary alicyclic amines) is 2. The van der Waals surface area contributed by atoms with E-state index >= 15 is 0 Å². The molecule has 2 aliphatic heterocycles. The third kappa shape index (κ3) is 2.29. The van der Waals surface area contributed by atoms with Crippen LogP contribution in [0.1, 0.15) is 39.5 Å². The molecule has 2 saturated heterocycles. The van der Waals surface area contributed by atoms with Gasteiger partial charge < -0.3 is 4.90 Å². The van der Waals surface area contributed by atoms with Gasteiger partial charge in [-0.1, -0.05) is 0 Å². The lowest BCUT2D eigenvalue weighted by Gasteiger charge is -2.31. The fourth-order valence-electron chi connectivity index (χ4n) is 3.00. The van der Waals surface area contributed by atoms with Crippen LogP contribution in [0.5, 0.6) is 0 Å². The van der Waals surface area contributed by atoms with Crippen molar-refractivity contribution >= 4 is 0 Å². The van der Waals surface area contributed by atoms with E-state index in [0.29, 0.717) is 0 Å². The van der Waals surface area contributed by atoms with Gasteiger partial charge in [0, 0.05) is 18.6 Å². The van der Waals surface area contributed by atoms with Crippen molar-refractivity contribution in [1.82, 2.24) is 9.80 Å². The van der Waals surface area contributed by atoms with E-state index in [1.54, 1.807) is 0 Å². The monoisotopic (exact) mass is 196 g/mol. The topological polar surface area (TPSA) is 6.48 Å². The normalized spacial score (nSPS) is 30.6. The number of hydrogen-bond donors (Lipinski definition) is 0. The van der Waals surface area contributed by atoms with Gasteiger partial charge in [-0.05, 0) is 59.2 Å². The van der Waals surface area contributed by atoms with Gasteiger partial charge in [0.2, 0.25) is 0 Å². The Morgan fingerprint density at radius 1 is 1.07 bits per heavy atom. The van der Waals surface area contributed by atoms with Crippen LogP contribution in [-0.4, -0.2) is 48.1 Å². The first-order chi connectivity index (χ1) is 6.77. The first kappa shape index (κ1) is 10.4. The van der Waals surface area contributed by atoms with E-state index in [4.69, 9.17) is 0 Å². The molecule has 2 aliphatic rings. The van der Waals surface area contributed by atoms with Gasteiger partial charge in [0.1, 0.15) is 0 Å². The van der Waals surface area contributed by atoms with Crippen LogP contribution < -0.4 is 0 Å². The summed E-state index contributed by atoms with van der Waals surface area (Å²) in [5.74, 6) is 0. The summed E-state index contributed by atoms with van der Waals surface area (Å²) in [6.07, 6.45) is 5.69. The van der Waals surface area contributed by atoms with Gasteiger partial charge in [0.05, 0.1) is 0 Å². The SMILES string of the molecule is CC(C)N1CCC[C@@H]1CN1CCCC1. The summed E-state index contributed by atoms with van der Waals surface area (Å²) in [7, 11) is 0. The molecule has 0 aromatic rings. The highest BCUT2D eigenvalue weighted by Gasteiger charge is 2.28. The molecule has 0 N–H and O–H groups in total. The zero-order valence-electron chi connectivity index (χ0n) is 9.71. The molecule has 2 rings (SSSR count). The van der Waals surface area contributed by atoms with Crippen molar-refractivity contribution in [3.8, 4) is 0 Å². The first-order valence-electron chi connectivity index (χ1n) is 6.25. The maximum Gasteiger partial charge on any atom is 0.0226 e. The minimum atomic E-state index is 0.741. The molecule has 2 heteroatoms. The molecule has 0 aromatic heterocycles. The summed E-state index contributed by atoms with van der Waals surface area (Å²) < 4.78 is 0. The summed E-state index contributed by atoms with van der Waals surface area (Å²) in [6.45, 7) is 10.0. The van der Waals surface area contributed by atoms with E-state index in [-0.39, 0.29) is 0 Å². The zero-order valence-corrected chi connectivity index (χ0v) is 9.71. The molecule has 0 saturated carbocycles. The van der Waals surface area contributed by atoms with Crippen LogP contribution >= 0.6 is 0 Å². The molecule has 0 aromatic carbocycles. The number of hydrogen-bond acceptors (Lipinski definition) is 2. The minimum Gasteiger partial charge on any atom is -0.302 e. The summed E-state index contributed by atoms with van der Waals surface area (Å²) >= 11 is 0. The van der Waals surface area contributed by atoms with Crippen LogP contribution in [-0.2, 0) is 0 Å². The van der Waals surface area contributed by atoms with Gasteiger partial charge in [-0.2, -0.15) is 0 Å². The van der Waals surface area contributed by atoms with Crippen molar-refractivity contribution in [2.75, 3.05) is 26.2 Å². The summed E-state index contributed by atoms with van der Waals surface area (Å²) in [5, 5.41) is 0. The Hall–Kier alpha value is -0.0800. The molecule has 82 valence electrons. The molecule has 0 bridgehead atoms. The van der Waals surface area contributed by atoms with Crippen molar-refractivity contribution in [3.05, 3.63) is 0 Å². The third-order valence-electron chi connectivity index (χ3n) is 3.75. The molecule has 0 aliphatic carbocycles. The first-order valence-corrected chi connectivity index (χ1v) is 6.25. The van der Waals surface area contributed by atoms with Crippen molar-refractivity contribution in [2.45, 2.75) is 51.6 Å². The Bertz CT molecular complexity index is 173. The summed E-state index contributed by atoms with van der Waals surface area (Å²) in [6, 6.07) is 1.60. The van der Waals surface area contributed by atoms with E-state index in [1.165, 1.54) is 51.9 Å². The van der Waals surface area contributed by atoms with E-state index in [9.17, 15) is 0 Å². The fourth-order valence-corrected chi connectivity index (χ4v) is 3.00. The summed E-state index contributed by atoms with van der Waals surface area (Å²) in [4.78, 5) is 5.35. The third-order valence-corrected chi connectivity index (χ3v) is 3.75. The second-order valence-corrected chi connectivity index (χ2v) is 5.14. The lowest BCUT2D eigenvalue weighted by atomic mass is 10.2. The maximum atomic E-state index is 2.69. The predicted molar refractivity (Wildman–Crippen MR) is 60.5 cm³/mol. The average Bonchev–Trinajstić information content (AvgIpc) is 2.75. The van der Waals surface area contributed by atoms with Gasteiger partial charge in [0.25, 0.3) is 0 Å². The highest BCUT2D eigenvalue weighted by molar-refractivity contribution is 4.85. The molecule has 0 radical (unpaired) electrons. The van der Waals surface area contributed by atoms with E-state index in [1.807, 2.05) is 0 Å². The van der Waals surface area contributed by atoms with Crippen molar-refractivity contribution in [3.63, 3.8) is 0 Å². The van der Waals surface area contributed by atoms with Gasteiger partial charge in [-0.3, -0.25) is 4.90 Å². The van der Waals surface area contributed by atoms with Crippen LogP contribution in [0, 0.1) is 0 Å². The number of nitrogens with zero attached hydrogens (tertiary/aromatic N) is 2. The molecular formula is C12H24N2. The molecule has 2 fully saturated rings. The Morgan fingerprint density at radius 3 is 2.43 bits per heavy atom. The molecule has 1 atom stereocenters. The molecule has 14 heavy (non-hydrogen) atoms. The van der Waals surface area contributed by atoms with Gasteiger partial charge in [0.15, 0.2) is 0 Å². The lowest BCUT2D eigenvalue weighted by Crippen LogP contribution is -2.42. The maximum absolute atomic E-state index is 2.69. The summed E-state index contributed by atoms with van der Waals surface area (Å²) in [5.41, 5.74) is 0. The van der Waals surface area contributed by atoms with Crippen molar-refractivity contribution in [2.24, 2.45) is 0 Å². The second kappa shape index (κ2) is 4.63. The van der Waals surface area contributed by atoms with Gasteiger partial charge in [-0.25, -0.2) is 0 Å². The highest BCUT2D eigenvalue weighted by Crippen LogP contribution is 2.22. The molecule has 2 nitrogen and oxygen atoms in total. The van der Waals surface area contributed by atoms with Crippen molar-refractivity contribution in [1.29, 1.82) is 0 Å². The van der Waals surface area contributed by atoms with Crippen LogP contribution in [0.3, 0.4) is 0 Å². The van der Waals surface area contributed by atoms with E-state index < -0.39 is 0 Å². The fraction of sp³-hybridized carbons (Fsp3) is 1.00. The van der Waals surface area contributed by atoms with Gasteiger partial charge >= 0.3 is 0 Å². The van der Waals surface area contributed by atoms with E-state index in [2.05, 4.69) is 23.6 Å². The minimum absolute atomic E-state index is 0.741. The quantitative estimate of drug-likeness (QED) is 0.681. The van der Waals surface area contributed by atoms with Crippen LogP contribution in [0.4, 0.5) is 0 Å². The Kier molecular flexibility index (Phi) is 3.45. The standard InChI is InChI=1S/C12H24N2/c1-11(2)14-9-5-6-12(14)10-13-7-3-4-8-13/h11-12H,3-10H2,1-2H3/t12-/m1/s1. The Labute approximate surface area is 88.3 Å². The largest absolute Gasteiger partial charge is 0.302 e. The molecule has 2 heterocycles. The second-order valence-electron chi connectivity index (χ2n) is 5.14. The highest BCUT2D eigenvalue weighted by atomic mass is 15.2.